The molecule has 1 aliphatic carbocycles. The maximum absolute atomic E-state index is 3.91. The predicted molar refractivity (Wildman–Crippen MR) is 88.1 cm³/mol. The van der Waals surface area contributed by atoms with Crippen LogP contribution >= 0.6 is 15.9 Å². The Bertz CT molecular complexity index is 379. The van der Waals surface area contributed by atoms with Gasteiger partial charge in [-0.3, -0.25) is 0 Å². The fourth-order valence-electron chi connectivity index (χ4n) is 3.25. The number of halogens is 1. The Balaban J connectivity index is 1.99. The molecule has 0 saturated heterocycles. The third kappa shape index (κ3) is 4.08. The Morgan fingerprint density at radius 1 is 1.16 bits per heavy atom. The predicted octanol–water partition coefficient (Wildman–Crippen LogP) is 5.94. The summed E-state index contributed by atoms with van der Waals surface area (Å²) in [6, 6.07) is 9.29. The first-order chi connectivity index (χ1) is 9.10. The van der Waals surface area contributed by atoms with Crippen molar-refractivity contribution in [1.82, 2.24) is 0 Å². The van der Waals surface area contributed by atoms with Crippen LogP contribution in [0.5, 0.6) is 0 Å². The minimum absolute atomic E-state index is 0.636. The highest BCUT2D eigenvalue weighted by atomic mass is 79.9. The summed E-state index contributed by atoms with van der Waals surface area (Å²) in [5, 5.41) is 0. The van der Waals surface area contributed by atoms with E-state index in [1.54, 1.807) is 0 Å². The van der Waals surface area contributed by atoms with Crippen molar-refractivity contribution in [3.63, 3.8) is 0 Å². The van der Waals surface area contributed by atoms with Crippen LogP contribution in [-0.4, -0.2) is 4.83 Å². The standard InChI is InChI=1S/C18H27Br/c1-4-14-7-10-18(19)17(11-14)12-15-5-8-16(9-6-15)13(2)3/h5-6,8-9,13-14,17-18H,4,7,10-12H2,1-3H3. The van der Waals surface area contributed by atoms with Gasteiger partial charge in [0.05, 0.1) is 0 Å². The van der Waals surface area contributed by atoms with E-state index < -0.39 is 0 Å². The number of hydrogen-bond donors (Lipinski definition) is 0. The number of benzene rings is 1. The van der Waals surface area contributed by atoms with Crippen LogP contribution in [0.2, 0.25) is 0 Å². The molecule has 1 aromatic rings. The summed E-state index contributed by atoms with van der Waals surface area (Å²) in [6.45, 7) is 6.86. The highest BCUT2D eigenvalue weighted by Crippen LogP contribution is 2.37. The van der Waals surface area contributed by atoms with Gasteiger partial charge in [-0.2, -0.15) is 0 Å². The molecule has 0 aliphatic heterocycles. The smallest absolute Gasteiger partial charge is 0.0177 e. The third-order valence-electron chi connectivity index (χ3n) is 4.72. The summed E-state index contributed by atoms with van der Waals surface area (Å²) in [4.78, 5) is 0.722. The zero-order valence-electron chi connectivity index (χ0n) is 12.5. The van der Waals surface area contributed by atoms with E-state index in [-0.39, 0.29) is 0 Å². The molecule has 0 nitrogen and oxygen atoms in total. The van der Waals surface area contributed by atoms with Gasteiger partial charge in [-0.25, -0.2) is 0 Å². The lowest BCUT2D eigenvalue weighted by atomic mass is 9.77. The molecule has 1 heteroatoms. The van der Waals surface area contributed by atoms with Gasteiger partial charge in [-0.05, 0) is 54.6 Å². The van der Waals surface area contributed by atoms with Gasteiger partial charge in [-0.1, -0.05) is 67.4 Å². The largest absolute Gasteiger partial charge is 0.0888 e. The maximum atomic E-state index is 3.91. The van der Waals surface area contributed by atoms with E-state index in [0.717, 1.165) is 16.7 Å². The fraction of sp³-hybridized carbons (Fsp3) is 0.667. The average Bonchev–Trinajstić information content (AvgIpc) is 2.42. The molecule has 0 radical (unpaired) electrons. The first-order valence-corrected chi connectivity index (χ1v) is 8.74. The lowest BCUT2D eigenvalue weighted by Gasteiger charge is -2.33. The van der Waals surface area contributed by atoms with E-state index in [1.165, 1.54) is 43.2 Å². The summed E-state index contributed by atoms with van der Waals surface area (Å²) in [5.41, 5.74) is 2.96. The number of rotatable bonds is 4. The number of hydrogen-bond acceptors (Lipinski definition) is 0. The Hall–Kier alpha value is -0.300. The molecule has 3 atom stereocenters. The first-order valence-electron chi connectivity index (χ1n) is 7.83. The molecule has 0 spiro atoms. The maximum Gasteiger partial charge on any atom is 0.0177 e. The molecule has 1 fully saturated rings. The normalized spacial score (nSPS) is 27.7. The molecule has 2 rings (SSSR count). The highest BCUT2D eigenvalue weighted by Gasteiger charge is 2.27. The molecule has 19 heavy (non-hydrogen) atoms. The van der Waals surface area contributed by atoms with Crippen molar-refractivity contribution in [3.8, 4) is 0 Å². The van der Waals surface area contributed by atoms with Gasteiger partial charge in [0.1, 0.15) is 0 Å². The second kappa shape index (κ2) is 6.92. The van der Waals surface area contributed by atoms with Gasteiger partial charge < -0.3 is 0 Å². The van der Waals surface area contributed by atoms with E-state index in [2.05, 4.69) is 61.0 Å². The summed E-state index contributed by atoms with van der Waals surface area (Å²) in [6.07, 6.45) is 6.76. The van der Waals surface area contributed by atoms with Crippen molar-refractivity contribution in [2.75, 3.05) is 0 Å². The zero-order chi connectivity index (χ0) is 13.8. The summed E-state index contributed by atoms with van der Waals surface area (Å²) < 4.78 is 0. The van der Waals surface area contributed by atoms with E-state index in [0.29, 0.717) is 5.92 Å². The Kier molecular flexibility index (Phi) is 5.50. The highest BCUT2D eigenvalue weighted by molar-refractivity contribution is 9.09. The van der Waals surface area contributed by atoms with Crippen LogP contribution in [0, 0.1) is 11.8 Å². The number of alkyl halides is 1. The van der Waals surface area contributed by atoms with Gasteiger partial charge in [0.2, 0.25) is 0 Å². The van der Waals surface area contributed by atoms with E-state index in [1.807, 2.05) is 0 Å². The molecule has 106 valence electrons. The molecule has 0 N–H and O–H groups in total. The van der Waals surface area contributed by atoms with E-state index in [4.69, 9.17) is 0 Å². The quantitative estimate of drug-likeness (QED) is 0.601. The van der Waals surface area contributed by atoms with Gasteiger partial charge >= 0.3 is 0 Å². The second-order valence-electron chi connectivity index (χ2n) is 6.46. The molecule has 0 aromatic heterocycles. The monoisotopic (exact) mass is 322 g/mol. The van der Waals surface area contributed by atoms with Crippen molar-refractivity contribution < 1.29 is 0 Å². The van der Waals surface area contributed by atoms with Crippen LogP contribution in [0.1, 0.15) is 63.5 Å². The molecular weight excluding hydrogens is 296 g/mol. The third-order valence-corrected chi connectivity index (χ3v) is 5.93. The summed E-state index contributed by atoms with van der Waals surface area (Å²) >= 11 is 3.91. The van der Waals surface area contributed by atoms with E-state index >= 15 is 0 Å². The SMILES string of the molecule is CCC1CCC(Br)C(Cc2ccc(C(C)C)cc2)C1. The Labute approximate surface area is 127 Å². The lowest BCUT2D eigenvalue weighted by molar-refractivity contribution is 0.271. The lowest BCUT2D eigenvalue weighted by Crippen LogP contribution is -2.26. The zero-order valence-corrected chi connectivity index (χ0v) is 14.1. The molecule has 3 unspecified atom stereocenters. The molecule has 0 bridgehead atoms. The van der Waals surface area contributed by atoms with Crippen LogP contribution < -0.4 is 0 Å². The topological polar surface area (TPSA) is 0 Å². The molecular formula is C18H27Br. The van der Waals surface area contributed by atoms with Crippen molar-refractivity contribution in [3.05, 3.63) is 35.4 Å². The Morgan fingerprint density at radius 3 is 2.42 bits per heavy atom. The van der Waals surface area contributed by atoms with Crippen LogP contribution in [0.25, 0.3) is 0 Å². The average molecular weight is 323 g/mol. The van der Waals surface area contributed by atoms with E-state index in [9.17, 15) is 0 Å². The van der Waals surface area contributed by atoms with Crippen molar-refractivity contribution in [1.29, 1.82) is 0 Å². The summed E-state index contributed by atoms with van der Waals surface area (Å²) in [7, 11) is 0. The second-order valence-corrected chi connectivity index (χ2v) is 7.64. The van der Waals surface area contributed by atoms with Gasteiger partial charge in [0.15, 0.2) is 0 Å². The van der Waals surface area contributed by atoms with Crippen molar-refractivity contribution in [2.24, 2.45) is 11.8 Å². The minimum Gasteiger partial charge on any atom is -0.0888 e. The van der Waals surface area contributed by atoms with Crippen LogP contribution in [0.3, 0.4) is 0 Å². The minimum atomic E-state index is 0.636. The molecule has 1 aromatic carbocycles. The van der Waals surface area contributed by atoms with Crippen molar-refractivity contribution >= 4 is 15.9 Å². The first kappa shape index (κ1) is 15.1. The van der Waals surface area contributed by atoms with Crippen LogP contribution in [-0.2, 0) is 6.42 Å². The van der Waals surface area contributed by atoms with Gasteiger partial charge in [0.25, 0.3) is 0 Å². The molecule has 1 saturated carbocycles. The molecule has 0 amide bonds. The molecule has 0 heterocycles. The summed E-state index contributed by atoms with van der Waals surface area (Å²) in [5.74, 6) is 2.41. The van der Waals surface area contributed by atoms with Crippen LogP contribution in [0.15, 0.2) is 24.3 Å². The van der Waals surface area contributed by atoms with Crippen LogP contribution in [0.4, 0.5) is 0 Å². The van der Waals surface area contributed by atoms with Gasteiger partial charge in [-0.15, -0.1) is 0 Å². The fourth-order valence-corrected chi connectivity index (χ4v) is 3.91. The molecule has 1 aliphatic rings. The Morgan fingerprint density at radius 2 is 1.84 bits per heavy atom. The van der Waals surface area contributed by atoms with Crippen molar-refractivity contribution in [2.45, 2.75) is 63.6 Å². The van der Waals surface area contributed by atoms with Gasteiger partial charge in [0, 0.05) is 4.83 Å².